The summed E-state index contributed by atoms with van der Waals surface area (Å²) in [5.41, 5.74) is 2.85. The zero-order chi connectivity index (χ0) is 19.0. The molecule has 1 aromatic heterocycles. The maximum absolute atomic E-state index is 13.4. The predicted molar refractivity (Wildman–Crippen MR) is 106 cm³/mol. The van der Waals surface area contributed by atoms with Gasteiger partial charge in [0.25, 0.3) is 5.91 Å². The first kappa shape index (κ1) is 17.4. The van der Waals surface area contributed by atoms with E-state index in [0.717, 1.165) is 16.4 Å². The number of aromatic nitrogens is 1. The first-order chi connectivity index (χ1) is 13.1. The van der Waals surface area contributed by atoms with Crippen LogP contribution in [0, 0.1) is 6.92 Å². The Morgan fingerprint density at radius 3 is 2.67 bits per heavy atom. The van der Waals surface area contributed by atoms with Crippen LogP contribution in [0.2, 0.25) is 0 Å². The number of methoxy groups -OCH3 is 2. The summed E-state index contributed by atoms with van der Waals surface area (Å²) in [6, 6.07) is 12.9. The van der Waals surface area contributed by atoms with Gasteiger partial charge in [0, 0.05) is 17.1 Å². The van der Waals surface area contributed by atoms with Crippen molar-refractivity contribution < 1.29 is 14.3 Å². The molecule has 6 nitrogen and oxygen atoms in total. The number of thiazole rings is 1. The average Bonchev–Trinajstić information content (AvgIpc) is 3.14. The summed E-state index contributed by atoms with van der Waals surface area (Å²) < 4.78 is 10.8. The minimum Gasteiger partial charge on any atom is -0.497 e. The number of benzene rings is 2. The molecule has 7 heteroatoms. The molecule has 1 aliphatic rings. The Morgan fingerprint density at radius 1 is 1.15 bits per heavy atom. The Bertz CT molecular complexity index is 1000. The third kappa shape index (κ3) is 3.00. The Morgan fingerprint density at radius 2 is 1.96 bits per heavy atom. The van der Waals surface area contributed by atoms with Crippen LogP contribution in [0.15, 0.2) is 47.8 Å². The summed E-state index contributed by atoms with van der Waals surface area (Å²) in [7, 11) is 3.18. The van der Waals surface area contributed by atoms with Gasteiger partial charge < -0.3 is 14.8 Å². The lowest BCUT2D eigenvalue weighted by Gasteiger charge is -2.37. The first-order valence-electron chi connectivity index (χ1n) is 8.45. The van der Waals surface area contributed by atoms with Crippen LogP contribution in [0.4, 0.5) is 11.4 Å². The number of hydrogen-bond acceptors (Lipinski definition) is 6. The predicted octanol–water partition coefficient (Wildman–Crippen LogP) is 4.24. The van der Waals surface area contributed by atoms with E-state index in [1.54, 1.807) is 36.5 Å². The van der Waals surface area contributed by atoms with Crippen LogP contribution < -0.4 is 19.7 Å². The van der Waals surface area contributed by atoms with Crippen LogP contribution in [-0.4, -0.2) is 25.1 Å². The van der Waals surface area contributed by atoms with Gasteiger partial charge in [-0.1, -0.05) is 12.1 Å². The maximum Gasteiger partial charge on any atom is 0.262 e. The molecule has 3 aromatic rings. The second-order valence-corrected chi connectivity index (χ2v) is 7.16. The fourth-order valence-corrected chi connectivity index (χ4v) is 3.83. The van der Waals surface area contributed by atoms with E-state index in [9.17, 15) is 4.79 Å². The minimum absolute atomic E-state index is 0.108. The van der Waals surface area contributed by atoms with Crippen molar-refractivity contribution in [3.8, 4) is 11.5 Å². The van der Waals surface area contributed by atoms with Crippen molar-refractivity contribution in [3.05, 3.63) is 64.1 Å². The SMILES string of the molecule is COc1ccc(N2C(=O)c3ccccc3N[C@H]2c2csc(C)n2)c(OC)c1. The van der Waals surface area contributed by atoms with Crippen LogP contribution in [0.5, 0.6) is 11.5 Å². The van der Waals surface area contributed by atoms with Gasteiger partial charge in [-0.3, -0.25) is 9.69 Å². The molecule has 1 aliphatic heterocycles. The van der Waals surface area contributed by atoms with E-state index in [1.807, 2.05) is 48.7 Å². The summed E-state index contributed by atoms with van der Waals surface area (Å²) >= 11 is 1.55. The molecule has 1 N–H and O–H groups in total. The van der Waals surface area contributed by atoms with Gasteiger partial charge in [-0.05, 0) is 31.2 Å². The Labute approximate surface area is 161 Å². The molecule has 1 atom stereocenters. The largest absolute Gasteiger partial charge is 0.497 e. The number of fused-ring (bicyclic) bond motifs is 1. The lowest BCUT2D eigenvalue weighted by Crippen LogP contribution is -2.43. The summed E-state index contributed by atoms with van der Waals surface area (Å²) in [5.74, 6) is 1.11. The second-order valence-electron chi connectivity index (χ2n) is 6.10. The van der Waals surface area contributed by atoms with Crippen molar-refractivity contribution in [1.82, 2.24) is 4.98 Å². The molecule has 0 radical (unpaired) electrons. The van der Waals surface area contributed by atoms with Crippen LogP contribution in [0.1, 0.15) is 27.2 Å². The molecule has 2 aromatic carbocycles. The highest BCUT2D eigenvalue weighted by Gasteiger charge is 2.36. The minimum atomic E-state index is -0.431. The van der Waals surface area contributed by atoms with E-state index in [2.05, 4.69) is 10.3 Å². The number of nitrogens with one attached hydrogen (secondary N) is 1. The molecule has 27 heavy (non-hydrogen) atoms. The number of ether oxygens (including phenoxy) is 2. The number of nitrogens with zero attached hydrogens (tertiary/aromatic N) is 2. The lowest BCUT2D eigenvalue weighted by molar-refractivity contribution is 0.0973. The third-order valence-corrected chi connectivity index (χ3v) is 5.28. The molecule has 4 rings (SSSR count). The molecule has 138 valence electrons. The number of carbonyl (C=O) groups is 1. The van der Waals surface area contributed by atoms with E-state index in [-0.39, 0.29) is 5.91 Å². The number of aryl methyl sites for hydroxylation is 1. The second kappa shape index (κ2) is 6.92. The molecular weight excluding hydrogens is 362 g/mol. The van der Waals surface area contributed by atoms with E-state index in [4.69, 9.17) is 9.47 Å². The number of hydrogen-bond donors (Lipinski definition) is 1. The molecule has 0 aliphatic carbocycles. The molecule has 0 bridgehead atoms. The van der Waals surface area contributed by atoms with Crippen LogP contribution in [-0.2, 0) is 0 Å². The molecule has 0 spiro atoms. The van der Waals surface area contributed by atoms with E-state index < -0.39 is 6.17 Å². The number of amides is 1. The highest BCUT2D eigenvalue weighted by atomic mass is 32.1. The maximum atomic E-state index is 13.4. The molecular formula is C20H19N3O3S. The van der Waals surface area contributed by atoms with Gasteiger partial charge >= 0.3 is 0 Å². The number of anilines is 2. The third-order valence-electron chi connectivity index (χ3n) is 4.49. The number of para-hydroxylation sites is 1. The van der Waals surface area contributed by atoms with Crippen LogP contribution in [0.25, 0.3) is 0 Å². The summed E-state index contributed by atoms with van der Waals surface area (Å²) in [6.07, 6.45) is -0.431. The fourth-order valence-electron chi connectivity index (χ4n) is 3.20. The van der Waals surface area contributed by atoms with E-state index in [0.29, 0.717) is 22.7 Å². The summed E-state index contributed by atoms with van der Waals surface area (Å²) in [4.78, 5) is 19.7. The molecule has 0 saturated carbocycles. The Hall–Kier alpha value is -3.06. The van der Waals surface area contributed by atoms with Gasteiger partial charge in [0.05, 0.1) is 36.2 Å². The highest BCUT2D eigenvalue weighted by Crippen LogP contribution is 2.41. The fraction of sp³-hybridized carbons (Fsp3) is 0.200. The molecule has 0 unspecified atom stereocenters. The molecule has 2 heterocycles. The standard InChI is InChI=1S/C20H19N3O3S/c1-12-21-16(11-27-12)19-22-15-7-5-4-6-14(15)20(24)23(19)17-9-8-13(25-2)10-18(17)26-3/h4-11,19,22H,1-3H3/t19-/m1/s1. The molecule has 0 saturated heterocycles. The molecule has 1 amide bonds. The summed E-state index contributed by atoms with van der Waals surface area (Å²) in [6.45, 7) is 1.95. The van der Waals surface area contributed by atoms with Gasteiger partial charge in [-0.15, -0.1) is 11.3 Å². The van der Waals surface area contributed by atoms with Crippen molar-refractivity contribution in [2.45, 2.75) is 13.1 Å². The van der Waals surface area contributed by atoms with E-state index in [1.165, 1.54) is 0 Å². The normalized spacial score (nSPS) is 15.9. The van der Waals surface area contributed by atoms with Crippen LogP contribution >= 0.6 is 11.3 Å². The summed E-state index contributed by atoms with van der Waals surface area (Å²) in [5, 5.41) is 6.36. The van der Waals surface area contributed by atoms with Gasteiger partial charge in [0.2, 0.25) is 0 Å². The van der Waals surface area contributed by atoms with Gasteiger partial charge in [-0.2, -0.15) is 0 Å². The van der Waals surface area contributed by atoms with Crippen molar-refractivity contribution in [3.63, 3.8) is 0 Å². The van der Waals surface area contributed by atoms with Crippen molar-refractivity contribution >= 4 is 28.6 Å². The average molecular weight is 381 g/mol. The lowest BCUT2D eigenvalue weighted by atomic mass is 10.0. The molecule has 0 fully saturated rings. The smallest absolute Gasteiger partial charge is 0.262 e. The van der Waals surface area contributed by atoms with Gasteiger partial charge in [0.1, 0.15) is 11.5 Å². The van der Waals surface area contributed by atoms with Crippen molar-refractivity contribution in [2.75, 3.05) is 24.4 Å². The van der Waals surface area contributed by atoms with Gasteiger partial charge in [0.15, 0.2) is 6.17 Å². The van der Waals surface area contributed by atoms with Crippen molar-refractivity contribution in [1.29, 1.82) is 0 Å². The van der Waals surface area contributed by atoms with Gasteiger partial charge in [-0.25, -0.2) is 4.98 Å². The van der Waals surface area contributed by atoms with Crippen LogP contribution in [0.3, 0.4) is 0 Å². The van der Waals surface area contributed by atoms with Crippen molar-refractivity contribution in [2.24, 2.45) is 0 Å². The zero-order valence-corrected chi connectivity index (χ0v) is 16.0. The first-order valence-corrected chi connectivity index (χ1v) is 9.33. The quantitative estimate of drug-likeness (QED) is 0.732. The Kier molecular flexibility index (Phi) is 4.45. The topological polar surface area (TPSA) is 63.7 Å². The zero-order valence-electron chi connectivity index (χ0n) is 15.2. The Balaban J connectivity index is 1.88. The highest BCUT2D eigenvalue weighted by molar-refractivity contribution is 7.09. The monoisotopic (exact) mass is 381 g/mol. The number of rotatable bonds is 4. The number of carbonyl (C=O) groups excluding carboxylic acids is 1. The van der Waals surface area contributed by atoms with E-state index >= 15 is 0 Å².